The Morgan fingerprint density at radius 1 is 1.55 bits per heavy atom. The molecule has 0 saturated carbocycles. The number of nitrogens with two attached hydrogens (primary N) is 1. The summed E-state index contributed by atoms with van der Waals surface area (Å²) in [5.41, 5.74) is 6.45. The second-order valence-electron chi connectivity index (χ2n) is 5.40. The second-order valence-corrected chi connectivity index (χ2v) is 5.40. The van der Waals surface area contributed by atoms with E-state index < -0.39 is 0 Å². The summed E-state index contributed by atoms with van der Waals surface area (Å²) in [6.45, 7) is 1.76. The van der Waals surface area contributed by atoms with E-state index in [2.05, 4.69) is 15.0 Å². The first-order valence-corrected chi connectivity index (χ1v) is 6.71. The maximum absolute atomic E-state index is 14.3. The van der Waals surface area contributed by atoms with Gasteiger partial charge >= 0.3 is 0 Å². The van der Waals surface area contributed by atoms with Crippen LogP contribution in [0.3, 0.4) is 0 Å². The molecular formula is C14H21FN4O. The lowest BCUT2D eigenvalue weighted by Gasteiger charge is -2.29. The molecule has 0 spiro atoms. The molecule has 3 N–H and O–H groups in total. The minimum Gasteiger partial charge on any atom is -0.409 e. The number of rotatable bonds is 4. The maximum atomic E-state index is 14.3. The summed E-state index contributed by atoms with van der Waals surface area (Å²) in [6, 6.07) is 5.03. The number of halogens is 1. The number of amidine groups is 1. The molecule has 110 valence electrons. The number of nitrogens with zero attached hydrogens (tertiary/aromatic N) is 3. The van der Waals surface area contributed by atoms with Crippen molar-refractivity contribution in [1.29, 1.82) is 0 Å². The van der Waals surface area contributed by atoms with Gasteiger partial charge in [0.15, 0.2) is 5.84 Å². The average molecular weight is 280 g/mol. The Hall–Kier alpha value is -1.82. The molecule has 1 saturated heterocycles. The van der Waals surface area contributed by atoms with Crippen molar-refractivity contribution in [3.05, 3.63) is 29.6 Å². The Labute approximate surface area is 118 Å². The predicted molar refractivity (Wildman–Crippen MR) is 77.8 cm³/mol. The normalized spacial score (nSPS) is 19.9. The van der Waals surface area contributed by atoms with E-state index >= 15 is 0 Å². The van der Waals surface area contributed by atoms with Gasteiger partial charge in [-0.25, -0.2) is 4.39 Å². The van der Waals surface area contributed by atoms with E-state index in [4.69, 9.17) is 10.9 Å². The summed E-state index contributed by atoms with van der Waals surface area (Å²) in [7, 11) is 4.04. The summed E-state index contributed by atoms with van der Waals surface area (Å²) in [5.74, 6) is -0.415. The highest BCUT2D eigenvalue weighted by molar-refractivity contribution is 5.97. The first-order valence-electron chi connectivity index (χ1n) is 6.71. The van der Waals surface area contributed by atoms with Gasteiger partial charge in [0.25, 0.3) is 0 Å². The molecular weight excluding hydrogens is 259 g/mol. The third-order valence-corrected chi connectivity index (χ3v) is 3.61. The molecule has 1 aliphatic rings. The third-order valence-electron chi connectivity index (χ3n) is 3.61. The minimum atomic E-state index is -0.334. The van der Waals surface area contributed by atoms with Crippen molar-refractivity contribution in [1.82, 2.24) is 4.90 Å². The van der Waals surface area contributed by atoms with Crippen molar-refractivity contribution >= 4 is 11.5 Å². The van der Waals surface area contributed by atoms with E-state index in [1.54, 1.807) is 12.1 Å². The van der Waals surface area contributed by atoms with E-state index in [-0.39, 0.29) is 11.7 Å². The largest absolute Gasteiger partial charge is 0.409 e. The molecule has 1 unspecified atom stereocenters. The summed E-state index contributed by atoms with van der Waals surface area (Å²) in [4.78, 5) is 4.22. The number of hydrogen-bond donors (Lipinski definition) is 2. The van der Waals surface area contributed by atoms with Gasteiger partial charge in [-0.3, -0.25) is 0 Å². The topological polar surface area (TPSA) is 65.1 Å². The van der Waals surface area contributed by atoms with E-state index in [1.165, 1.54) is 6.07 Å². The van der Waals surface area contributed by atoms with Crippen molar-refractivity contribution in [2.45, 2.75) is 18.9 Å². The molecule has 0 aromatic heterocycles. The zero-order valence-electron chi connectivity index (χ0n) is 11.9. The molecule has 1 fully saturated rings. The van der Waals surface area contributed by atoms with Crippen LogP contribution in [0.25, 0.3) is 0 Å². The lowest BCUT2D eigenvalue weighted by atomic mass is 10.1. The van der Waals surface area contributed by atoms with Crippen LogP contribution < -0.4 is 10.6 Å². The molecule has 2 rings (SSSR count). The molecule has 1 atom stereocenters. The van der Waals surface area contributed by atoms with Gasteiger partial charge in [-0.15, -0.1) is 0 Å². The molecule has 20 heavy (non-hydrogen) atoms. The zero-order chi connectivity index (χ0) is 14.7. The first-order chi connectivity index (χ1) is 9.52. The zero-order valence-corrected chi connectivity index (χ0v) is 11.9. The van der Waals surface area contributed by atoms with Crippen molar-refractivity contribution in [2.75, 3.05) is 32.1 Å². The van der Waals surface area contributed by atoms with Crippen LogP contribution in [0.1, 0.15) is 18.4 Å². The molecule has 0 aliphatic carbocycles. The first kappa shape index (κ1) is 14.6. The Morgan fingerprint density at radius 2 is 2.30 bits per heavy atom. The fourth-order valence-corrected chi connectivity index (χ4v) is 2.72. The van der Waals surface area contributed by atoms with Gasteiger partial charge in [-0.05, 0) is 45.1 Å². The molecule has 0 bridgehead atoms. The Kier molecular flexibility index (Phi) is 4.44. The van der Waals surface area contributed by atoms with E-state index in [1.807, 2.05) is 14.1 Å². The van der Waals surface area contributed by atoms with Crippen molar-refractivity contribution in [2.24, 2.45) is 10.9 Å². The Morgan fingerprint density at radius 3 is 2.90 bits per heavy atom. The number of benzene rings is 1. The number of likely N-dealkylation sites (N-methyl/N-ethyl adjacent to an activating group) is 1. The van der Waals surface area contributed by atoms with Crippen LogP contribution in [-0.2, 0) is 0 Å². The van der Waals surface area contributed by atoms with Crippen LogP contribution in [0, 0.1) is 5.82 Å². The van der Waals surface area contributed by atoms with Crippen LogP contribution in [0.2, 0.25) is 0 Å². The number of hydrogen-bond acceptors (Lipinski definition) is 4. The predicted octanol–water partition coefficient (Wildman–Crippen LogP) is 1.45. The van der Waals surface area contributed by atoms with Crippen LogP contribution in [0.4, 0.5) is 10.1 Å². The van der Waals surface area contributed by atoms with Crippen LogP contribution in [0.5, 0.6) is 0 Å². The molecule has 5 nitrogen and oxygen atoms in total. The Balaban J connectivity index is 2.24. The lowest BCUT2D eigenvalue weighted by Crippen LogP contribution is -2.38. The van der Waals surface area contributed by atoms with Crippen LogP contribution in [0.15, 0.2) is 23.4 Å². The van der Waals surface area contributed by atoms with Gasteiger partial charge < -0.3 is 20.7 Å². The lowest BCUT2D eigenvalue weighted by molar-refractivity contribution is 0.318. The SMILES string of the molecule is CN(C)CC1CCCN1c1ccc(C(N)=NO)cc1F. The molecule has 1 heterocycles. The number of oxime groups is 1. The van der Waals surface area contributed by atoms with E-state index in [9.17, 15) is 4.39 Å². The summed E-state index contributed by atoms with van der Waals surface area (Å²) in [5, 5.41) is 11.5. The van der Waals surface area contributed by atoms with Crippen molar-refractivity contribution in [3.63, 3.8) is 0 Å². The maximum Gasteiger partial charge on any atom is 0.170 e. The van der Waals surface area contributed by atoms with Crippen LogP contribution >= 0.6 is 0 Å². The summed E-state index contributed by atoms with van der Waals surface area (Å²) in [6.07, 6.45) is 2.14. The standard InChI is InChI=1S/C14H21FN4O/c1-18(2)9-11-4-3-7-19(11)13-6-5-10(8-12(13)15)14(16)17-20/h5-6,8,11,20H,3-4,7,9H2,1-2H3,(H2,16,17). The van der Waals surface area contributed by atoms with Gasteiger partial charge in [-0.1, -0.05) is 5.16 Å². The molecule has 6 heteroatoms. The van der Waals surface area contributed by atoms with Gasteiger partial charge in [-0.2, -0.15) is 0 Å². The van der Waals surface area contributed by atoms with Gasteiger partial charge in [0.05, 0.1) is 5.69 Å². The molecule has 1 aromatic carbocycles. The minimum absolute atomic E-state index is 0.0817. The average Bonchev–Trinajstić information content (AvgIpc) is 2.84. The molecule has 1 aromatic rings. The van der Waals surface area contributed by atoms with Crippen molar-refractivity contribution < 1.29 is 9.60 Å². The van der Waals surface area contributed by atoms with E-state index in [0.717, 1.165) is 25.9 Å². The Bertz CT molecular complexity index is 504. The molecule has 1 aliphatic heterocycles. The van der Waals surface area contributed by atoms with Crippen molar-refractivity contribution in [3.8, 4) is 0 Å². The van der Waals surface area contributed by atoms with Crippen LogP contribution in [-0.4, -0.2) is 49.2 Å². The summed E-state index contributed by atoms with van der Waals surface area (Å²) < 4.78 is 14.3. The van der Waals surface area contributed by atoms with Gasteiger partial charge in [0, 0.05) is 24.7 Å². The highest BCUT2D eigenvalue weighted by atomic mass is 19.1. The molecule has 0 radical (unpaired) electrons. The van der Waals surface area contributed by atoms with Gasteiger partial charge in [0.2, 0.25) is 0 Å². The van der Waals surface area contributed by atoms with Gasteiger partial charge in [0.1, 0.15) is 5.82 Å². The fourth-order valence-electron chi connectivity index (χ4n) is 2.72. The highest BCUT2D eigenvalue weighted by Crippen LogP contribution is 2.28. The number of anilines is 1. The molecule has 0 amide bonds. The third kappa shape index (κ3) is 3.01. The monoisotopic (exact) mass is 280 g/mol. The quantitative estimate of drug-likeness (QED) is 0.379. The second kappa shape index (κ2) is 6.09. The smallest absolute Gasteiger partial charge is 0.170 e. The summed E-state index contributed by atoms with van der Waals surface area (Å²) >= 11 is 0. The van der Waals surface area contributed by atoms with E-state index in [0.29, 0.717) is 17.3 Å². The fraction of sp³-hybridized carbons (Fsp3) is 0.500. The highest BCUT2D eigenvalue weighted by Gasteiger charge is 2.27.